The highest BCUT2D eigenvalue weighted by Gasteiger charge is 2.40. The third-order valence-corrected chi connectivity index (χ3v) is 9.13. The van der Waals surface area contributed by atoms with Crippen LogP contribution in [-0.2, 0) is 14.8 Å². The van der Waals surface area contributed by atoms with E-state index in [0.29, 0.717) is 57.4 Å². The van der Waals surface area contributed by atoms with Crippen LogP contribution >= 0.6 is 0 Å². The highest BCUT2D eigenvalue weighted by Crippen LogP contribution is 2.36. The molecular formula is C26H29N3O6S. The average molecular weight is 512 g/mol. The standard InChI is InChI=1S/C26H29N3O6S/c30-21-15-27(16-21)17-23(18-4-2-1-3-5-18)26(31)28-11-19-13-29(14-20(19)12-28)36(32,33)22-6-7-24-25(10-22)35-9-8-34-24/h1-7,10,21,23,30H,8-9,11-17H2. The Morgan fingerprint density at radius 1 is 0.944 bits per heavy atom. The SMILES string of the molecule is O=C(C(CN1CC(O)C1)c1ccccc1)N1CC2=C(C1)CN(S(=O)(=O)c1ccc3c(c1)OCCO3)C2. The molecule has 1 N–H and O–H groups in total. The Bertz CT molecular complexity index is 1290. The number of carbonyl (C=O) groups excluding carboxylic acids is 1. The number of nitrogens with zero attached hydrogens (tertiary/aromatic N) is 3. The smallest absolute Gasteiger partial charge is 0.243 e. The van der Waals surface area contributed by atoms with Crippen LogP contribution < -0.4 is 9.47 Å². The molecule has 0 saturated carbocycles. The third-order valence-electron chi connectivity index (χ3n) is 7.34. The molecule has 4 heterocycles. The minimum atomic E-state index is -3.71. The summed E-state index contributed by atoms with van der Waals surface area (Å²) in [6.07, 6.45) is -0.323. The van der Waals surface area contributed by atoms with Gasteiger partial charge in [0.05, 0.1) is 16.9 Å². The zero-order valence-corrected chi connectivity index (χ0v) is 20.7. The van der Waals surface area contributed by atoms with Crippen molar-refractivity contribution in [2.45, 2.75) is 16.9 Å². The monoisotopic (exact) mass is 511 g/mol. The first-order chi connectivity index (χ1) is 17.4. The Labute approximate surface area is 210 Å². The van der Waals surface area contributed by atoms with E-state index in [1.54, 1.807) is 12.1 Å². The Balaban J connectivity index is 1.13. The number of hydrogen-bond acceptors (Lipinski definition) is 7. The minimum absolute atomic E-state index is 0.0400. The van der Waals surface area contributed by atoms with Crippen molar-refractivity contribution in [2.75, 3.05) is 59.0 Å². The maximum Gasteiger partial charge on any atom is 0.243 e. The maximum absolute atomic E-state index is 13.6. The highest BCUT2D eigenvalue weighted by molar-refractivity contribution is 7.89. The quantitative estimate of drug-likeness (QED) is 0.579. The van der Waals surface area contributed by atoms with Crippen LogP contribution in [0.15, 0.2) is 64.6 Å². The molecule has 0 aromatic heterocycles. The number of β-amino-alcohol motifs (C(OH)–C–C–N with tert-alkyl or cyclic N) is 1. The normalized spacial score (nSPS) is 21.4. The van der Waals surface area contributed by atoms with Crippen molar-refractivity contribution in [3.8, 4) is 11.5 Å². The zero-order chi connectivity index (χ0) is 24.9. The van der Waals surface area contributed by atoms with Crippen LogP contribution in [0.5, 0.6) is 11.5 Å². The van der Waals surface area contributed by atoms with Gasteiger partial charge in [0.2, 0.25) is 15.9 Å². The van der Waals surface area contributed by atoms with Gasteiger partial charge in [0.25, 0.3) is 0 Å². The van der Waals surface area contributed by atoms with Crippen LogP contribution in [0.4, 0.5) is 0 Å². The van der Waals surface area contributed by atoms with Crippen molar-refractivity contribution in [3.63, 3.8) is 0 Å². The molecule has 2 aromatic rings. The molecule has 1 amide bonds. The van der Waals surface area contributed by atoms with Gasteiger partial charge in [-0.3, -0.25) is 9.69 Å². The number of ether oxygens (including phenoxy) is 2. The van der Waals surface area contributed by atoms with Gasteiger partial charge in [-0.05, 0) is 28.8 Å². The molecule has 9 nitrogen and oxygen atoms in total. The van der Waals surface area contributed by atoms with E-state index in [9.17, 15) is 18.3 Å². The summed E-state index contributed by atoms with van der Waals surface area (Å²) in [6.45, 7) is 4.00. The van der Waals surface area contributed by atoms with Crippen molar-refractivity contribution in [3.05, 3.63) is 65.2 Å². The molecule has 1 atom stereocenters. The van der Waals surface area contributed by atoms with E-state index in [4.69, 9.17) is 9.47 Å². The van der Waals surface area contributed by atoms with Crippen LogP contribution in [0.1, 0.15) is 11.5 Å². The van der Waals surface area contributed by atoms with Crippen molar-refractivity contribution in [2.24, 2.45) is 0 Å². The zero-order valence-electron chi connectivity index (χ0n) is 19.9. The van der Waals surface area contributed by atoms with E-state index in [1.165, 1.54) is 10.4 Å². The number of benzene rings is 2. The van der Waals surface area contributed by atoms with E-state index in [2.05, 4.69) is 4.90 Å². The third kappa shape index (κ3) is 4.28. The molecule has 2 aromatic carbocycles. The molecule has 4 aliphatic rings. The molecule has 190 valence electrons. The van der Waals surface area contributed by atoms with E-state index in [0.717, 1.165) is 16.7 Å². The molecule has 10 heteroatoms. The maximum atomic E-state index is 13.6. The number of aliphatic hydroxyl groups excluding tert-OH is 1. The summed E-state index contributed by atoms with van der Waals surface area (Å²) < 4.78 is 39.2. The summed E-state index contributed by atoms with van der Waals surface area (Å²) in [5.41, 5.74) is 2.95. The van der Waals surface area contributed by atoms with Crippen molar-refractivity contribution in [1.29, 1.82) is 0 Å². The summed E-state index contributed by atoms with van der Waals surface area (Å²) in [4.78, 5) is 17.7. The molecule has 1 unspecified atom stereocenters. The average Bonchev–Trinajstić information content (AvgIpc) is 3.46. The van der Waals surface area contributed by atoms with Gasteiger partial charge in [-0.15, -0.1) is 0 Å². The molecule has 0 bridgehead atoms. The Kier molecular flexibility index (Phi) is 5.99. The molecule has 0 aliphatic carbocycles. The van der Waals surface area contributed by atoms with Crippen molar-refractivity contribution < 1.29 is 27.8 Å². The lowest BCUT2D eigenvalue weighted by Gasteiger charge is -2.38. The number of carbonyl (C=O) groups is 1. The molecule has 0 radical (unpaired) electrons. The fourth-order valence-corrected chi connectivity index (χ4v) is 6.83. The fraction of sp³-hybridized carbons (Fsp3) is 0.423. The Morgan fingerprint density at radius 2 is 1.61 bits per heavy atom. The molecule has 36 heavy (non-hydrogen) atoms. The second-order valence-corrected chi connectivity index (χ2v) is 11.8. The Morgan fingerprint density at radius 3 is 2.28 bits per heavy atom. The lowest BCUT2D eigenvalue weighted by atomic mass is 9.95. The van der Waals surface area contributed by atoms with Gasteiger partial charge in [0.15, 0.2) is 11.5 Å². The highest BCUT2D eigenvalue weighted by atomic mass is 32.2. The second kappa shape index (κ2) is 9.19. The minimum Gasteiger partial charge on any atom is -0.486 e. The number of aliphatic hydroxyl groups is 1. The van der Waals surface area contributed by atoms with Gasteiger partial charge >= 0.3 is 0 Å². The van der Waals surface area contributed by atoms with Crippen molar-refractivity contribution in [1.82, 2.24) is 14.1 Å². The Hall–Kier alpha value is -2.92. The topological polar surface area (TPSA) is 99.6 Å². The molecule has 4 aliphatic heterocycles. The van der Waals surface area contributed by atoms with Crippen LogP contribution in [0, 0.1) is 0 Å². The lowest BCUT2D eigenvalue weighted by Crippen LogP contribution is -2.53. The first kappa shape index (κ1) is 23.5. The van der Waals surface area contributed by atoms with Crippen molar-refractivity contribution >= 4 is 15.9 Å². The first-order valence-corrected chi connectivity index (χ1v) is 13.7. The van der Waals surface area contributed by atoms with Crippen LogP contribution in [0.25, 0.3) is 0 Å². The van der Waals surface area contributed by atoms with Gasteiger partial charge in [0, 0.05) is 51.9 Å². The van der Waals surface area contributed by atoms with Gasteiger partial charge in [-0.2, -0.15) is 4.31 Å². The summed E-state index contributed by atoms with van der Waals surface area (Å²) in [5, 5.41) is 9.68. The van der Waals surface area contributed by atoms with Crippen LogP contribution in [0.2, 0.25) is 0 Å². The number of rotatable bonds is 6. The predicted octanol–water partition coefficient (Wildman–Crippen LogP) is 1.06. The number of amides is 1. The largest absolute Gasteiger partial charge is 0.486 e. The molecule has 1 fully saturated rings. The van der Waals surface area contributed by atoms with Gasteiger partial charge in [-0.1, -0.05) is 30.3 Å². The van der Waals surface area contributed by atoms with Gasteiger partial charge in [-0.25, -0.2) is 8.42 Å². The second-order valence-electron chi connectivity index (χ2n) is 9.82. The fourth-order valence-electron chi connectivity index (χ4n) is 5.39. The number of hydrogen-bond donors (Lipinski definition) is 1. The lowest BCUT2D eigenvalue weighted by molar-refractivity contribution is -0.133. The van der Waals surface area contributed by atoms with Gasteiger partial charge < -0.3 is 19.5 Å². The molecule has 6 rings (SSSR count). The van der Waals surface area contributed by atoms with E-state index >= 15 is 0 Å². The summed E-state index contributed by atoms with van der Waals surface area (Å²) in [6, 6.07) is 14.5. The van der Waals surface area contributed by atoms with E-state index < -0.39 is 10.0 Å². The predicted molar refractivity (Wildman–Crippen MR) is 131 cm³/mol. The number of likely N-dealkylation sites (tertiary alicyclic amines) is 1. The number of sulfonamides is 1. The van der Waals surface area contributed by atoms with Crippen LogP contribution in [-0.4, -0.2) is 98.7 Å². The molecular weight excluding hydrogens is 482 g/mol. The van der Waals surface area contributed by atoms with E-state index in [-0.39, 0.29) is 35.9 Å². The summed E-state index contributed by atoms with van der Waals surface area (Å²) in [7, 11) is -3.71. The van der Waals surface area contributed by atoms with Gasteiger partial charge in [0.1, 0.15) is 13.2 Å². The molecule has 0 spiro atoms. The summed E-state index contributed by atoms with van der Waals surface area (Å²) >= 11 is 0. The van der Waals surface area contributed by atoms with E-state index in [1.807, 2.05) is 35.2 Å². The van der Waals surface area contributed by atoms with Crippen LogP contribution in [0.3, 0.4) is 0 Å². The molecule has 1 saturated heterocycles. The first-order valence-electron chi connectivity index (χ1n) is 12.2. The summed E-state index contributed by atoms with van der Waals surface area (Å²) in [5.74, 6) is 0.715. The number of fused-ring (bicyclic) bond motifs is 1.